The molecule has 0 aliphatic rings. The minimum Gasteiger partial charge on any atom is -0.462 e. The second-order valence-corrected chi connectivity index (χ2v) is 17.0. The topological polar surface area (TPSA) is 78.9 Å². The van der Waals surface area contributed by atoms with E-state index in [0.717, 1.165) is 122 Å². The summed E-state index contributed by atoms with van der Waals surface area (Å²) in [6.45, 7) is 6.24. The Bertz CT molecular complexity index is 1610. The number of allylic oxidation sites excluding steroid dienone is 26. The lowest BCUT2D eigenvalue weighted by atomic mass is 10.1. The molecule has 0 rings (SSSR count). The molecule has 0 N–H and O–H groups in total. The number of hydrogen-bond donors (Lipinski definition) is 0. The second-order valence-electron chi connectivity index (χ2n) is 17.0. The molecule has 0 heterocycles. The number of carbonyl (C=O) groups excluding carboxylic acids is 3. The summed E-state index contributed by atoms with van der Waals surface area (Å²) in [4.78, 5) is 38.0. The highest BCUT2D eigenvalue weighted by Crippen LogP contribution is 2.10. The van der Waals surface area contributed by atoms with Crippen LogP contribution in [-0.2, 0) is 28.6 Å². The normalized spacial score (nSPS) is 13.4. The van der Waals surface area contributed by atoms with Gasteiger partial charge in [0.2, 0.25) is 0 Å². The van der Waals surface area contributed by atoms with Gasteiger partial charge >= 0.3 is 17.9 Å². The van der Waals surface area contributed by atoms with Gasteiger partial charge in [0.25, 0.3) is 0 Å². The standard InChI is InChI=1S/C63H96O6/c1-4-7-10-13-16-19-22-25-28-30-31-33-36-39-42-45-48-51-54-57-63(66)69-60(58-67-61(64)55-52-49-46-43-40-37-34-27-24-21-18-15-12-9-6-3)59-68-62(65)56-53-50-47-44-41-38-35-32-29-26-23-20-17-14-11-8-5-2/h7-8,10-11,16-21,25-29,31,33-35,38-40,42-43,48,51,60H,4-6,9,12-15,22-24,30,32,36-37,41,44-47,49-50,52-59H2,1-3H3/b10-7-,11-8-,19-16-,20-17-,21-18-,28-25-,29-26-,33-31-,34-27-,38-35-,42-39-,43-40-,51-48-/t60-/m0/s1. The summed E-state index contributed by atoms with van der Waals surface area (Å²) in [5.41, 5.74) is 0. The van der Waals surface area contributed by atoms with Crippen LogP contribution in [0.2, 0.25) is 0 Å². The fourth-order valence-corrected chi connectivity index (χ4v) is 6.52. The number of ether oxygens (including phenoxy) is 3. The third-order valence-electron chi connectivity index (χ3n) is 10.5. The number of unbranched alkanes of at least 4 members (excludes halogenated alkanes) is 9. The van der Waals surface area contributed by atoms with Gasteiger partial charge in [0.15, 0.2) is 6.10 Å². The second kappa shape index (κ2) is 55.6. The molecule has 0 amide bonds. The van der Waals surface area contributed by atoms with Gasteiger partial charge in [0.05, 0.1) is 0 Å². The maximum atomic E-state index is 12.8. The molecular formula is C63H96O6. The Labute approximate surface area is 422 Å². The van der Waals surface area contributed by atoms with Crippen molar-refractivity contribution in [2.24, 2.45) is 0 Å². The summed E-state index contributed by atoms with van der Waals surface area (Å²) >= 11 is 0. The molecule has 384 valence electrons. The maximum Gasteiger partial charge on any atom is 0.306 e. The Morgan fingerprint density at radius 3 is 0.957 bits per heavy atom. The van der Waals surface area contributed by atoms with Crippen LogP contribution in [0.25, 0.3) is 0 Å². The highest BCUT2D eigenvalue weighted by Gasteiger charge is 2.19. The van der Waals surface area contributed by atoms with Crippen molar-refractivity contribution in [1.82, 2.24) is 0 Å². The first-order valence-electron chi connectivity index (χ1n) is 27.0. The molecule has 0 saturated carbocycles. The quantitative estimate of drug-likeness (QED) is 0.0262. The summed E-state index contributed by atoms with van der Waals surface area (Å²) in [5.74, 6) is -1.10. The average Bonchev–Trinajstić information content (AvgIpc) is 3.35. The summed E-state index contributed by atoms with van der Waals surface area (Å²) in [7, 11) is 0. The van der Waals surface area contributed by atoms with Gasteiger partial charge in [-0.15, -0.1) is 0 Å². The van der Waals surface area contributed by atoms with Gasteiger partial charge in [0.1, 0.15) is 13.2 Å². The van der Waals surface area contributed by atoms with E-state index in [1.54, 1.807) is 0 Å². The van der Waals surface area contributed by atoms with Crippen LogP contribution in [0.3, 0.4) is 0 Å². The molecular weight excluding hydrogens is 853 g/mol. The van der Waals surface area contributed by atoms with Gasteiger partial charge in [0, 0.05) is 19.3 Å². The van der Waals surface area contributed by atoms with Crippen LogP contribution in [0.1, 0.15) is 201 Å². The van der Waals surface area contributed by atoms with Crippen molar-refractivity contribution in [2.75, 3.05) is 13.2 Å². The lowest BCUT2D eigenvalue weighted by Gasteiger charge is -2.18. The molecule has 1 atom stereocenters. The maximum absolute atomic E-state index is 12.8. The predicted octanol–water partition coefficient (Wildman–Crippen LogP) is 18.2. The highest BCUT2D eigenvalue weighted by atomic mass is 16.6. The fourth-order valence-electron chi connectivity index (χ4n) is 6.52. The molecule has 0 aromatic rings. The number of hydrogen-bond acceptors (Lipinski definition) is 6. The third-order valence-corrected chi connectivity index (χ3v) is 10.5. The van der Waals surface area contributed by atoms with Gasteiger partial charge in [-0.1, -0.05) is 204 Å². The van der Waals surface area contributed by atoms with E-state index < -0.39 is 12.1 Å². The first-order valence-corrected chi connectivity index (χ1v) is 27.0. The molecule has 0 aliphatic heterocycles. The van der Waals surface area contributed by atoms with Gasteiger partial charge in [-0.05, 0) is 135 Å². The van der Waals surface area contributed by atoms with Crippen LogP contribution in [0, 0.1) is 0 Å². The molecule has 0 spiro atoms. The highest BCUT2D eigenvalue weighted by molar-refractivity contribution is 5.71. The minimum atomic E-state index is -0.853. The lowest BCUT2D eigenvalue weighted by molar-refractivity contribution is -0.166. The average molecular weight is 949 g/mol. The Kier molecular flexibility index (Phi) is 51.6. The molecule has 0 fully saturated rings. The van der Waals surface area contributed by atoms with E-state index >= 15 is 0 Å². The van der Waals surface area contributed by atoms with Crippen LogP contribution in [-0.4, -0.2) is 37.2 Å². The van der Waals surface area contributed by atoms with E-state index in [1.807, 2.05) is 12.2 Å². The van der Waals surface area contributed by atoms with E-state index in [4.69, 9.17) is 14.2 Å². The van der Waals surface area contributed by atoms with E-state index in [0.29, 0.717) is 19.3 Å². The fraction of sp³-hybridized carbons (Fsp3) is 0.540. The zero-order chi connectivity index (χ0) is 50.0. The molecule has 6 nitrogen and oxygen atoms in total. The zero-order valence-corrected chi connectivity index (χ0v) is 43.8. The Morgan fingerprint density at radius 1 is 0.304 bits per heavy atom. The monoisotopic (exact) mass is 949 g/mol. The summed E-state index contributed by atoms with van der Waals surface area (Å²) < 4.78 is 16.7. The van der Waals surface area contributed by atoms with Gasteiger partial charge in [-0.2, -0.15) is 0 Å². The molecule has 69 heavy (non-hydrogen) atoms. The predicted molar refractivity (Wildman–Crippen MR) is 297 cm³/mol. The van der Waals surface area contributed by atoms with Gasteiger partial charge in [-0.25, -0.2) is 0 Å². The van der Waals surface area contributed by atoms with Crippen molar-refractivity contribution in [3.8, 4) is 0 Å². The van der Waals surface area contributed by atoms with Crippen LogP contribution >= 0.6 is 0 Å². The Morgan fingerprint density at radius 2 is 0.594 bits per heavy atom. The van der Waals surface area contributed by atoms with Gasteiger partial charge in [-0.3, -0.25) is 14.4 Å². The molecule has 0 unspecified atom stereocenters. The number of esters is 3. The number of rotatable bonds is 46. The minimum absolute atomic E-state index is 0.141. The van der Waals surface area contributed by atoms with E-state index in [1.165, 1.54) is 25.7 Å². The smallest absolute Gasteiger partial charge is 0.306 e. The summed E-state index contributed by atoms with van der Waals surface area (Å²) in [5, 5.41) is 0. The van der Waals surface area contributed by atoms with Crippen LogP contribution in [0.15, 0.2) is 158 Å². The summed E-state index contributed by atoms with van der Waals surface area (Å²) in [6.07, 6.45) is 81.0. The molecule has 0 bridgehead atoms. The zero-order valence-electron chi connectivity index (χ0n) is 43.8. The van der Waals surface area contributed by atoms with Crippen molar-refractivity contribution >= 4 is 17.9 Å². The van der Waals surface area contributed by atoms with Crippen molar-refractivity contribution in [3.63, 3.8) is 0 Å². The largest absolute Gasteiger partial charge is 0.462 e. The van der Waals surface area contributed by atoms with Crippen molar-refractivity contribution in [1.29, 1.82) is 0 Å². The van der Waals surface area contributed by atoms with Crippen molar-refractivity contribution in [2.45, 2.75) is 207 Å². The first-order chi connectivity index (χ1) is 34.0. The Hall–Kier alpha value is -4.97. The SMILES string of the molecule is CC/C=C\C/C=C\C/C=C\C/C=C\C/C=C\C/C=C\CCC(=O)O[C@@H](COC(=O)CCCC/C=C\C/C=C\C/C=C\CCCCC)COC(=O)CCCCCC/C=C\C/C=C\C/C=C\C/C=C\CC. The van der Waals surface area contributed by atoms with Crippen molar-refractivity contribution < 1.29 is 28.6 Å². The summed E-state index contributed by atoms with van der Waals surface area (Å²) in [6, 6.07) is 0. The van der Waals surface area contributed by atoms with E-state index in [2.05, 4.69) is 167 Å². The third kappa shape index (κ3) is 53.8. The van der Waals surface area contributed by atoms with Crippen LogP contribution in [0.5, 0.6) is 0 Å². The molecule has 0 aromatic heterocycles. The molecule has 6 heteroatoms. The molecule has 0 aromatic carbocycles. The van der Waals surface area contributed by atoms with Crippen molar-refractivity contribution in [3.05, 3.63) is 158 Å². The molecule has 0 aliphatic carbocycles. The van der Waals surface area contributed by atoms with Gasteiger partial charge < -0.3 is 14.2 Å². The lowest BCUT2D eigenvalue weighted by Crippen LogP contribution is -2.30. The number of carbonyl (C=O) groups is 3. The Balaban J connectivity index is 4.65. The molecule has 0 saturated heterocycles. The van der Waals surface area contributed by atoms with E-state index in [-0.39, 0.29) is 38.0 Å². The first kappa shape index (κ1) is 64.0. The van der Waals surface area contributed by atoms with Crippen LogP contribution < -0.4 is 0 Å². The molecule has 0 radical (unpaired) electrons. The van der Waals surface area contributed by atoms with E-state index in [9.17, 15) is 14.4 Å². The van der Waals surface area contributed by atoms with Crippen LogP contribution in [0.4, 0.5) is 0 Å².